The summed E-state index contributed by atoms with van der Waals surface area (Å²) in [6.07, 6.45) is 0. The molecule has 1 aromatic rings. The number of halogens is 1. The summed E-state index contributed by atoms with van der Waals surface area (Å²) >= 11 is 0. The molecule has 0 bridgehead atoms. The first-order chi connectivity index (χ1) is 8.08. The molecule has 0 fully saturated rings. The zero-order chi connectivity index (χ0) is 12.8. The predicted molar refractivity (Wildman–Crippen MR) is 61.8 cm³/mol. The molecular weight excluding hydrogens is 225 g/mol. The number of carbonyl (C=O) groups is 1. The summed E-state index contributed by atoms with van der Waals surface area (Å²) in [6, 6.07) is 3.66. The first-order valence-electron chi connectivity index (χ1n) is 5.21. The van der Waals surface area contributed by atoms with Gasteiger partial charge < -0.3 is 14.8 Å². The summed E-state index contributed by atoms with van der Waals surface area (Å²) < 4.78 is 23.0. The fraction of sp³-hybridized carbons (Fsp3) is 0.417. The van der Waals surface area contributed by atoms with Crippen molar-refractivity contribution >= 4 is 5.91 Å². The highest BCUT2D eigenvalue weighted by molar-refractivity contribution is 5.97. The summed E-state index contributed by atoms with van der Waals surface area (Å²) in [5.74, 6) is -0.519. The lowest BCUT2D eigenvalue weighted by molar-refractivity contribution is 0.0902. The van der Waals surface area contributed by atoms with Crippen LogP contribution in [-0.4, -0.2) is 32.8 Å². The second-order valence-electron chi connectivity index (χ2n) is 3.67. The number of carbonyl (C=O) groups excluding carboxylic acids is 1. The number of benzene rings is 1. The van der Waals surface area contributed by atoms with E-state index < -0.39 is 5.82 Å². The van der Waals surface area contributed by atoms with Gasteiger partial charge in [0.25, 0.3) is 5.91 Å². The Hall–Kier alpha value is -1.62. The topological polar surface area (TPSA) is 47.6 Å². The maximum atomic E-state index is 13.1. The number of ether oxygens (including phenoxy) is 2. The van der Waals surface area contributed by atoms with Gasteiger partial charge in [-0.2, -0.15) is 0 Å². The minimum absolute atomic E-state index is 0.152. The zero-order valence-corrected chi connectivity index (χ0v) is 10.1. The van der Waals surface area contributed by atoms with E-state index in [9.17, 15) is 9.18 Å². The minimum atomic E-state index is -0.477. The van der Waals surface area contributed by atoms with E-state index in [-0.39, 0.29) is 17.5 Å². The third-order valence-corrected chi connectivity index (χ3v) is 2.20. The molecule has 1 aromatic carbocycles. The Balaban J connectivity index is 2.83. The second kappa shape index (κ2) is 6.20. The zero-order valence-electron chi connectivity index (χ0n) is 10.1. The van der Waals surface area contributed by atoms with Crippen molar-refractivity contribution in [2.75, 3.05) is 20.8 Å². The number of amides is 1. The molecule has 0 aliphatic rings. The molecule has 0 spiro atoms. The van der Waals surface area contributed by atoms with Crippen LogP contribution < -0.4 is 10.1 Å². The van der Waals surface area contributed by atoms with Gasteiger partial charge in [-0.05, 0) is 25.1 Å². The molecule has 1 atom stereocenters. The van der Waals surface area contributed by atoms with Crippen molar-refractivity contribution in [3.63, 3.8) is 0 Å². The fourth-order valence-corrected chi connectivity index (χ4v) is 1.45. The summed E-state index contributed by atoms with van der Waals surface area (Å²) in [5.41, 5.74) is 0.176. The van der Waals surface area contributed by atoms with Crippen LogP contribution in [0.1, 0.15) is 17.3 Å². The molecule has 0 heterocycles. The van der Waals surface area contributed by atoms with Gasteiger partial charge in [0.1, 0.15) is 11.6 Å². The van der Waals surface area contributed by atoms with Crippen LogP contribution in [0.25, 0.3) is 0 Å². The van der Waals surface area contributed by atoms with Crippen LogP contribution in [0.2, 0.25) is 0 Å². The lowest BCUT2D eigenvalue weighted by Gasteiger charge is -2.14. The molecule has 4 nitrogen and oxygen atoms in total. The highest BCUT2D eigenvalue weighted by atomic mass is 19.1. The van der Waals surface area contributed by atoms with E-state index in [2.05, 4.69) is 5.32 Å². The molecule has 1 rings (SSSR count). The van der Waals surface area contributed by atoms with Gasteiger partial charge in [-0.1, -0.05) is 0 Å². The number of hydrogen-bond donors (Lipinski definition) is 1. The Morgan fingerprint density at radius 1 is 1.47 bits per heavy atom. The van der Waals surface area contributed by atoms with Gasteiger partial charge in [0.2, 0.25) is 0 Å². The first-order valence-corrected chi connectivity index (χ1v) is 5.21. The Morgan fingerprint density at radius 2 is 2.18 bits per heavy atom. The molecule has 0 aromatic heterocycles. The SMILES string of the molecule is COC[C@H](C)NC(=O)c1cc(F)ccc1OC. The fourth-order valence-electron chi connectivity index (χ4n) is 1.45. The number of rotatable bonds is 5. The van der Waals surface area contributed by atoms with E-state index in [0.717, 1.165) is 6.07 Å². The van der Waals surface area contributed by atoms with Gasteiger partial charge in [0.15, 0.2) is 0 Å². The van der Waals surface area contributed by atoms with Crippen molar-refractivity contribution < 1.29 is 18.7 Å². The van der Waals surface area contributed by atoms with Gasteiger partial charge in [0.05, 0.1) is 19.3 Å². The van der Waals surface area contributed by atoms with Crippen LogP contribution in [0, 0.1) is 5.82 Å². The number of nitrogens with one attached hydrogen (secondary N) is 1. The van der Waals surface area contributed by atoms with Gasteiger partial charge in [-0.15, -0.1) is 0 Å². The lowest BCUT2D eigenvalue weighted by atomic mass is 10.1. The van der Waals surface area contributed by atoms with Gasteiger partial charge >= 0.3 is 0 Å². The van der Waals surface area contributed by atoms with E-state index in [4.69, 9.17) is 9.47 Å². The van der Waals surface area contributed by atoms with Crippen molar-refractivity contribution in [2.45, 2.75) is 13.0 Å². The molecule has 0 radical (unpaired) electrons. The van der Waals surface area contributed by atoms with Crippen LogP contribution in [-0.2, 0) is 4.74 Å². The summed E-state index contributed by atoms with van der Waals surface area (Å²) in [6.45, 7) is 2.19. The average molecular weight is 241 g/mol. The van der Waals surface area contributed by atoms with Crippen molar-refractivity contribution in [1.82, 2.24) is 5.32 Å². The molecule has 5 heteroatoms. The smallest absolute Gasteiger partial charge is 0.255 e. The summed E-state index contributed by atoms with van der Waals surface area (Å²) in [7, 11) is 2.98. The average Bonchev–Trinajstić information content (AvgIpc) is 2.29. The van der Waals surface area contributed by atoms with E-state index in [1.165, 1.54) is 19.2 Å². The Morgan fingerprint density at radius 3 is 2.76 bits per heavy atom. The van der Waals surface area contributed by atoms with Gasteiger partial charge in [-0.25, -0.2) is 4.39 Å². The van der Waals surface area contributed by atoms with E-state index in [1.807, 2.05) is 0 Å². The van der Waals surface area contributed by atoms with Crippen molar-refractivity contribution in [3.05, 3.63) is 29.6 Å². The Kier molecular flexibility index (Phi) is 4.90. The highest BCUT2D eigenvalue weighted by Gasteiger charge is 2.15. The summed E-state index contributed by atoms with van der Waals surface area (Å²) in [4.78, 5) is 11.8. The molecular formula is C12H16FNO3. The quantitative estimate of drug-likeness (QED) is 0.851. The largest absolute Gasteiger partial charge is 0.496 e. The Labute approximate surface area is 99.7 Å². The molecule has 0 unspecified atom stereocenters. The van der Waals surface area contributed by atoms with Crippen LogP contribution in [0.4, 0.5) is 4.39 Å². The first kappa shape index (κ1) is 13.4. The molecule has 94 valence electrons. The van der Waals surface area contributed by atoms with Crippen LogP contribution in [0.5, 0.6) is 5.75 Å². The molecule has 0 aliphatic carbocycles. The van der Waals surface area contributed by atoms with Crippen molar-refractivity contribution in [1.29, 1.82) is 0 Å². The molecule has 0 aliphatic heterocycles. The maximum absolute atomic E-state index is 13.1. The monoisotopic (exact) mass is 241 g/mol. The highest BCUT2D eigenvalue weighted by Crippen LogP contribution is 2.19. The van der Waals surface area contributed by atoms with Crippen molar-refractivity contribution in [2.24, 2.45) is 0 Å². The molecule has 1 N–H and O–H groups in total. The van der Waals surface area contributed by atoms with Crippen LogP contribution >= 0.6 is 0 Å². The third-order valence-electron chi connectivity index (χ3n) is 2.20. The van der Waals surface area contributed by atoms with E-state index in [0.29, 0.717) is 12.4 Å². The standard InChI is InChI=1S/C12H16FNO3/c1-8(7-16-2)14-12(15)10-6-9(13)4-5-11(10)17-3/h4-6,8H,7H2,1-3H3,(H,14,15)/t8-/m0/s1. The molecule has 0 saturated heterocycles. The number of hydrogen-bond acceptors (Lipinski definition) is 3. The normalized spacial score (nSPS) is 12.0. The maximum Gasteiger partial charge on any atom is 0.255 e. The second-order valence-corrected chi connectivity index (χ2v) is 3.67. The minimum Gasteiger partial charge on any atom is -0.496 e. The third kappa shape index (κ3) is 3.71. The van der Waals surface area contributed by atoms with Crippen LogP contribution in [0.3, 0.4) is 0 Å². The Bertz CT molecular complexity index is 395. The molecule has 1 amide bonds. The van der Waals surface area contributed by atoms with Crippen LogP contribution in [0.15, 0.2) is 18.2 Å². The van der Waals surface area contributed by atoms with E-state index in [1.54, 1.807) is 14.0 Å². The van der Waals surface area contributed by atoms with Gasteiger partial charge in [0, 0.05) is 13.2 Å². The summed E-state index contributed by atoms with van der Waals surface area (Å²) in [5, 5.41) is 2.69. The molecule has 0 saturated carbocycles. The molecule has 17 heavy (non-hydrogen) atoms. The number of methoxy groups -OCH3 is 2. The predicted octanol–water partition coefficient (Wildman–Crippen LogP) is 1.60. The van der Waals surface area contributed by atoms with Crippen molar-refractivity contribution in [3.8, 4) is 5.75 Å². The van der Waals surface area contributed by atoms with Gasteiger partial charge in [-0.3, -0.25) is 4.79 Å². The lowest BCUT2D eigenvalue weighted by Crippen LogP contribution is -2.35. The van der Waals surface area contributed by atoms with E-state index >= 15 is 0 Å².